The Kier molecular flexibility index (Phi) is 4.85. The number of para-hydroxylation sites is 1. The van der Waals surface area contributed by atoms with Gasteiger partial charge < -0.3 is 9.64 Å². The van der Waals surface area contributed by atoms with Crippen LogP contribution in [0.5, 0.6) is 5.75 Å². The predicted octanol–water partition coefficient (Wildman–Crippen LogP) is 2.91. The number of rotatable bonds is 5. The van der Waals surface area contributed by atoms with E-state index in [0.717, 1.165) is 22.6 Å². The molecule has 1 aromatic carbocycles. The summed E-state index contributed by atoms with van der Waals surface area (Å²) < 4.78 is 7.18. The molecule has 0 aliphatic carbocycles. The predicted molar refractivity (Wildman–Crippen MR) is 87.0 cm³/mol. The van der Waals surface area contributed by atoms with Crippen molar-refractivity contribution in [2.24, 2.45) is 0 Å². The zero-order valence-electron chi connectivity index (χ0n) is 13.8. The summed E-state index contributed by atoms with van der Waals surface area (Å²) in [6, 6.07) is 7.50. The number of hydrogen-bond acceptors (Lipinski definition) is 3. The van der Waals surface area contributed by atoms with E-state index in [-0.39, 0.29) is 11.9 Å². The summed E-state index contributed by atoms with van der Waals surface area (Å²) in [4.78, 5) is 13.9. The summed E-state index contributed by atoms with van der Waals surface area (Å²) in [5.74, 6) is 0.833. The van der Waals surface area contributed by atoms with E-state index in [1.807, 2.05) is 44.3 Å². The summed E-state index contributed by atoms with van der Waals surface area (Å²) in [6.07, 6.45) is 2.63. The number of likely N-dealkylation sites (N-methyl/N-ethyl adjacent to an activating group) is 1. The molecule has 0 saturated heterocycles. The lowest BCUT2D eigenvalue weighted by Crippen LogP contribution is -2.31. The van der Waals surface area contributed by atoms with Gasteiger partial charge in [-0.2, -0.15) is 5.10 Å². The van der Waals surface area contributed by atoms with Crippen LogP contribution in [0.15, 0.2) is 30.5 Å². The van der Waals surface area contributed by atoms with E-state index in [1.54, 1.807) is 30.8 Å². The van der Waals surface area contributed by atoms with E-state index >= 15 is 0 Å². The molecule has 1 atom stereocenters. The fraction of sp³-hybridized carbons (Fsp3) is 0.412. The number of aromatic nitrogens is 2. The van der Waals surface area contributed by atoms with Gasteiger partial charge in [0, 0.05) is 25.9 Å². The number of hydrogen-bond donors (Lipinski definition) is 0. The molecule has 1 heterocycles. The lowest BCUT2D eigenvalue weighted by Gasteiger charge is -2.19. The molecular weight excluding hydrogens is 278 g/mol. The van der Waals surface area contributed by atoms with Crippen LogP contribution >= 0.6 is 0 Å². The Morgan fingerprint density at radius 1 is 1.36 bits per heavy atom. The molecular formula is C17H23N3O2. The van der Waals surface area contributed by atoms with Crippen LogP contribution < -0.4 is 4.74 Å². The standard InChI is InChI=1S/C17H23N3O2/c1-6-14(17(21)19(3)4)20-11-12(2)16(18-20)13-9-7-8-10-15(13)22-5/h7-11,14H,6H2,1-5H3/t14-/m0/s1. The number of carbonyl (C=O) groups excluding carboxylic acids is 1. The monoisotopic (exact) mass is 301 g/mol. The Morgan fingerprint density at radius 2 is 2.05 bits per heavy atom. The highest BCUT2D eigenvalue weighted by molar-refractivity contribution is 5.80. The fourth-order valence-electron chi connectivity index (χ4n) is 2.52. The molecule has 0 saturated carbocycles. The third-order valence-electron chi connectivity index (χ3n) is 3.71. The summed E-state index contributed by atoms with van der Waals surface area (Å²) in [7, 11) is 5.18. The van der Waals surface area contributed by atoms with Crippen LogP contribution in [0.2, 0.25) is 0 Å². The Bertz CT molecular complexity index is 662. The molecule has 0 spiro atoms. The molecule has 1 aromatic heterocycles. The second-order valence-corrected chi connectivity index (χ2v) is 5.50. The third kappa shape index (κ3) is 2.98. The van der Waals surface area contributed by atoms with Crippen molar-refractivity contribution in [2.75, 3.05) is 21.2 Å². The van der Waals surface area contributed by atoms with Crippen LogP contribution in [0.25, 0.3) is 11.3 Å². The van der Waals surface area contributed by atoms with E-state index in [4.69, 9.17) is 4.74 Å². The van der Waals surface area contributed by atoms with Gasteiger partial charge in [0.2, 0.25) is 5.91 Å². The van der Waals surface area contributed by atoms with Crippen LogP contribution in [0.1, 0.15) is 24.9 Å². The maximum atomic E-state index is 12.3. The SMILES string of the molecule is CC[C@@H](C(=O)N(C)C)n1cc(C)c(-c2ccccc2OC)n1. The maximum absolute atomic E-state index is 12.3. The van der Waals surface area contributed by atoms with E-state index in [0.29, 0.717) is 6.42 Å². The molecule has 0 radical (unpaired) electrons. The van der Waals surface area contributed by atoms with Crippen molar-refractivity contribution in [1.29, 1.82) is 0 Å². The van der Waals surface area contributed by atoms with Gasteiger partial charge in [-0.1, -0.05) is 19.1 Å². The van der Waals surface area contributed by atoms with Crippen molar-refractivity contribution in [2.45, 2.75) is 26.3 Å². The number of benzene rings is 1. The first kappa shape index (κ1) is 16.1. The normalized spacial score (nSPS) is 12.0. The molecule has 22 heavy (non-hydrogen) atoms. The minimum Gasteiger partial charge on any atom is -0.496 e. The van der Waals surface area contributed by atoms with Crippen molar-refractivity contribution < 1.29 is 9.53 Å². The van der Waals surface area contributed by atoms with Crippen LogP contribution in [0, 0.1) is 6.92 Å². The smallest absolute Gasteiger partial charge is 0.246 e. The van der Waals surface area contributed by atoms with Gasteiger partial charge in [-0.15, -0.1) is 0 Å². The molecule has 1 amide bonds. The highest BCUT2D eigenvalue weighted by Crippen LogP contribution is 2.31. The molecule has 0 aliphatic rings. The van der Waals surface area contributed by atoms with E-state index < -0.39 is 0 Å². The van der Waals surface area contributed by atoms with Gasteiger partial charge in [0.1, 0.15) is 11.8 Å². The van der Waals surface area contributed by atoms with Crippen molar-refractivity contribution in [1.82, 2.24) is 14.7 Å². The first-order chi connectivity index (χ1) is 10.5. The van der Waals surface area contributed by atoms with Crippen molar-refractivity contribution in [3.05, 3.63) is 36.0 Å². The molecule has 5 heteroatoms. The molecule has 0 aliphatic heterocycles. The topological polar surface area (TPSA) is 47.4 Å². The Balaban J connectivity index is 2.45. The van der Waals surface area contributed by atoms with Gasteiger partial charge in [-0.05, 0) is 31.0 Å². The van der Waals surface area contributed by atoms with E-state index in [2.05, 4.69) is 5.10 Å². The first-order valence-electron chi connectivity index (χ1n) is 7.39. The lowest BCUT2D eigenvalue weighted by atomic mass is 10.1. The largest absolute Gasteiger partial charge is 0.496 e. The summed E-state index contributed by atoms with van der Waals surface area (Å²) in [5, 5.41) is 4.65. The molecule has 0 fully saturated rings. The summed E-state index contributed by atoms with van der Waals surface area (Å²) in [5.41, 5.74) is 2.81. The number of aryl methyl sites for hydroxylation is 1. The Hall–Kier alpha value is -2.30. The van der Waals surface area contributed by atoms with E-state index in [1.165, 1.54) is 0 Å². The quantitative estimate of drug-likeness (QED) is 0.853. The highest BCUT2D eigenvalue weighted by atomic mass is 16.5. The maximum Gasteiger partial charge on any atom is 0.246 e. The number of nitrogens with zero attached hydrogens (tertiary/aromatic N) is 3. The Morgan fingerprint density at radius 3 is 2.64 bits per heavy atom. The van der Waals surface area contributed by atoms with Crippen LogP contribution in [0.3, 0.4) is 0 Å². The molecule has 0 bridgehead atoms. The second kappa shape index (κ2) is 6.64. The zero-order valence-corrected chi connectivity index (χ0v) is 13.8. The lowest BCUT2D eigenvalue weighted by molar-refractivity contribution is -0.132. The number of amides is 1. The fourth-order valence-corrected chi connectivity index (χ4v) is 2.52. The minimum atomic E-state index is -0.280. The second-order valence-electron chi connectivity index (χ2n) is 5.50. The first-order valence-corrected chi connectivity index (χ1v) is 7.39. The summed E-state index contributed by atoms with van der Waals surface area (Å²) in [6.45, 7) is 3.99. The van der Waals surface area contributed by atoms with Crippen molar-refractivity contribution in [3.8, 4) is 17.0 Å². The van der Waals surface area contributed by atoms with Gasteiger partial charge >= 0.3 is 0 Å². The van der Waals surface area contributed by atoms with Gasteiger partial charge in [-0.25, -0.2) is 0 Å². The minimum absolute atomic E-state index is 0.0524. The number of ether oxygens (including phenoxy) is 1. The van der Waals surface area contributed by atoms with Crippen LogP contribution in [0.4, 0.5) is 0 Å². The molecule has 2 rings (SSSR count). The van der Waals surface area contributed by atoms with Crippen LogP contribution in [-0.4, -0.2) is 41.8 Å². The molecule has 0 N–H and O–H groups in total. The molecule has 5 nitrogen and oxygen atoms in total. The van der Waals surface area contributed by atoms with Gasteiger partial charge in [0.15, 0.2) is 0 Å². The Labute approximate surface area is 131 Å². The summed E-state index contributed by atoms with van der Waals surface area (Å²) >= 11 is 0. The van der Waals surface area contributed by atoms with Gasteiger partial charge in [-0.3, -0.25) is 9.48 Å². The van der Waals surface area contributed by atoms with Gasteiger partial charge in [0.05, 0.1) is 12.8 Å². The average Bonchev–Trinajstić information content (AvgIpc) is 2.89. The van der Waals surface area contributed by atoms with Crippen molar-refractivity contribution >= 4 is 5.91 Å². The van der Waals surface area contributed by atoms with E-state index in [9.17, 15) is 4.79 Å². The number of carbonyl (C=O) groups is 1. The highest BCUT2D eigenvalue weighted by Gasteiger charge is 2.23. The van der Waals surface area contributed by atoms with Crippen molar-refractivity contribution in [3.63, 3.8) is 0 Å². The van der Waals surface area contributed by atoms with Gasteiger partial charge in [0.25, 0.3) is 0 Å². The third-order valence-corrected chi connectivity index (χ3v) is 3.71. The average molecular weight is 301 g/mol. The molecule has 2 aromatic rings. The molecule has 118 valence electrons. The number of methoxy groups -OCH3 is 1. The zero-order chi connectivity index (χ0) is 16.3. The van der Waals surface area contributed by atoms with Crippen LogP contribution in [-0.2, 0) is 4.79 Å². The molecule has 0 unspecified atom stereocenters.